The minimum Gasteiger partial charge on any atom is -0.496 e. The standard InChI is InChI=1S/C27H27N3O3S/c1-33-23-9-5-8-17-19(23)11-10-18-21(17)15-28-22(18)12-13-30-26(31)20-14-24(16-6-3-2-4-7-16)34-25(20)29-27(30)32/h2-9,14,18,21-22,28H,10-13,15H2,1H3,(H,29,32)/t18-,21+,22?/m1/s1. The summed E-state index contributed by atoms with van der Waals surface area (Å²) in [7, 11) is 1.74. The molecule has 3 atom stereocenters. The minimum absolute atomic E-state index is 0.203. The molecule has 1 fully saturated rings. The van der Waals surface area contributed by atoms with E-state index in [1.165, 1.54) is 27.0 Å². The predicted octanol–water partition coefficient (Wildman–Crippen LogP) is 4.14. The smallest absolute Gasteiger partial charge is 0.329 e. The van der Waals surface area contributed by atoms with Gasteiger partial charge in [0.1, 0.15) is 10.6 Å². The van der Waals surface area contributed by atoms with Crippen molar-refractivity contribution in [2.45, 2.75) is 37.8 Å². The SMILES string of the molecule is COc1cccc2c1CC[C@H]1C(CCn3c(=O)[nH]c4sc(-c5ccccc5)cc4c3=O)NC[C@@H]21. The highest BCUT2D eigenvalue weighted by molar-refractivity contribution is 7.21. The van der Waals surface area contributed by atoms with Gasteiger partial charge in [0, 0.05) is 29.9 Å². The van der Waals surface area contributed by atoms with Crippen molar-refractivity contribution in [3.05, 3.63) is 86.6 Å². The molecule has 0 spiro atoms. The number of methoxy groups -OCH3 is 1. The van der Waals surface area contributed by atoms with Crippen LogP contribution in [-0.2, 0) is 13.0 Å². The fraction of sp³-hybridized carbons (Fsp3) is 0.333. The van der Waals surface area contributed by atoms with Gasteiger partial charge in [-0.3, -0.25) is 14.3 Å². The molecular formula is C27H27N3O3S. The minimum atomic E-state index is -0.327. The first-order valence-corrected chi connectivity index (χ1v) is 12.7. The Bertz CT molecular complexity index is 1470. The summed E-state index contributed by atoms with van der Waals surface area (Å²) in [6.07, 6.45) is 2.85. The number of thiophene rings is 1. The molecule has 174 valence electrons. The van der Waals surface area contributed by atoms with Crippen LogP contribution in [0.1, 0.15) is 29.9 Å². The van der Waals surface area contributed by atoms with E-state index in [-0.39, 0.29) is 17.3 Å². The largest absolute Gasteiger partial charge is 0.496 e. The van der Waals surface area contributed by atoms with Gasteiger partial charge in [0.15, 0.2) is 0 Å². The van der Waals surface area contributed by atoms with Crippen molar-refractivity contribution in [3.8, 4) is 16.2 Å². The molecule has 2 aromatic carbocycles. The normalized spacial score (nSPS) is 21.4. The number of ether oxygens (including phenoxy) is 1. The molecule has 1 aliphatic carbocycles. The summed E-state index contributed by atoms with van der Waals surface area (Å²) < 4.78 is 6.96. The molecule has 0 radical (unpaired) electrons. The summed E-state index contributed by atoms with van der Waals surface area (Å²) in [4.78, 5) is 30.6. The van der Waals surface area contributed by atoms with Gasteiger partial charge in [0.25, 0.3) is 5.56 Å². The molecule has 7 heteroatoms. The van der Waals surface area contributed by atoms with Crippen LogP contribution in [0, 0.1) is 5.92 Å². The molecule has 6 nitrogen and oxygen atoms in total. The van der Waals surface area contributed by atoms with Crippen LogP contribution in [0.2, 0.25) is 0 Å². The maximum atomic E-state index is 13.2. The van der Waals surface area contributed by atoms with Gasteiger partial charge < -0.3 is 10.1 Å². The van der Waals surface area contributed by atoms with E-state index in [2.05, 4.69) is 22.4 Å². The van der Waals surface area contributed by atoms with Crippen molar-refractivity contribution in [2.75, 3.05) is 13.7 Å². The Morgan fingerprint density at radius 2 is 1.97 bits per heavy atom. The van der Waals surface area contributed by atoms with Gasteiger partial charge in [0.2, 0.25) is 0 Å². The zero-order chi connectivity index (χ0) is 23.2. The lowest BCUT2D eigenvalue weighted by Gasteiger charge is -2.31. The van der Waals surface area contributed by atoms with E-state index in [1.807, 2.05) is 42.5 Å². The van der Waals surface area contributed by atoms with Gasteiger partial charge in [-0.2, -0.15) is 0 Å². The Balaban J connectivity index is 1.24. The second kappa shape index (κ2) is 8.56. The molecule has 1 saturated heterocycles. The molecule has 1 unspecified atom stereocenters. The first kappa shape index (κ1) is 21.4. The first-order chi connectivity index (χ1) is 16.6. The Kier molecular flexibility index (Phi) is 5.38. The van der Waals surface area contributed by atoms with Crippen LogP contribution in [0.25, 0.3) is 20.7 Å². The van der Waals surface area contributed by atoms with Crippen LogP contribution in [0.15, 0.2) is 64.2 Å². The Morgan fingerprint density at radius 3 is 2.79 bits per heavy atom. The Morgan fingerprint density at radius 1 is 1.12 bits per heavy atom. The summed E-state index contributed by atoms with van der Waals surface area (Å²) in [5.74, 6) is 1.94. The monoisotopic (exact) mass is 473 g/mol. The van der Waals surface area contributed by atoms with Gasteiger partial charge in [-0.25, -0.2) is 4.79 Å². The molecule has 0 saturated carbocycles. The van der Waals surface area contributed by atoms with Gasteiger partial charge in [-0.15, -0.1) is 11.3 Å². The van der Waals surface area contributed by atoms with Crippen LogP contribution in [0.5, 0.6) is 5.75 Å². The van der Waals surface area contributed by atoms with E-state index in [0.29, 0.717) is 28.6 Å². The average Bonchev–Trinajstić information content (AvgIpc) is 3.48. The number of benzene rings is 2. The number of hydrogen-bond acceptors (Lipinski definition) is 5. The molecule has 0 bridgehead atoms. The van der Waals surface area contributed by atoms with Crippen molar-refractivity contribution in [1.29, 1.82) is 0 Å². The molecule has 34 heavy (non-hydrogen) atoms. The van der Waals surface area contributed by atoms with E-state index in [4.69, 9.17) is 4.74 Å². The number of rotatable bonds is 5. The first-order valence-electron chi connectivity index (χ1n) is 11.9. The molecule has 3 heterocycles. The number of aromatic nitrogens is 2. The summed E-state index contributed by atoms with van der Waals surface area (Å²) in [5, 5.41) is 4.27. The lowest BCUT2D eigenvalue weighted by molar-refractivity contribution is 0.337. The number of nitrogens with one attached hydrogen (secondary N) is 2. The van der Waals surface area contributed by atoms with E-state index < -0.39 is 0 Å². The van der Waals surface area contributed by atoms with Crippen molar-refractivity contribution < 1.29 is 4.74 Å². The molecule has 2 aliphatic rings. The lowest BCUT2D eigenvalue weighted by atomic mass is 9.74. The van der Waals surface area contributed by atoms with E-state index in [9.17, 15) is 9.59 Å². The second-order valence-corrected chi connectivity index (χ2v) is 10.3. The van der Waals surface area contributed by atoms with Crippen molar-refractivity contribution in [3.63, 3.8) is 0 Å². The summed E-state index contributed by atoms with van der Waals surface area (Å²) in [5.41, 5.74) is 3.23. The number of fused-ring (bicyclic) bond motifs is 4. The maximum Gasteiger partial charge on any atom is 0.329 e. The highest BCUT2D eigenvalue weighted by Gasteiger charge is 2.40. The molecule has 2 N–H and O–H groups in total. The number of hydrogen-bond donors (Lipinski definition) is 2. The van der Waals surface area contributed by atoms with E-state index in [0.717, 1.165) is 42.0 Å². The van der Waals surface area contributed by atoms with Crippen molar-refractivity contribution in [1.82, 2.24) is 14.9 Å². The molecule has 0 amide bonds. The molecule has 1 aliphatic heterocycles. The molecule has 4 aromatic rings. The molecular weight excluding hydrogens is 446 g/mol. The van der Waals surface area contributed by atoms with Gasteiger partial charge in [-0.05, 0) is 54.0 Å². The van der Waals surface area contributed by atoms with Gasteiger partial charge in [-0.1, -0.05) is 42.5 Å². The quantitative estimate of drug-likeness (QED) is 0.457. The second-order valence-electron chi connectivity index (χ2n) is 9.25. The zero-order valence-electron chi connectivity index (χ0n) is 19.0. The van der Waals surface area contributed by atoms with Crippen LogP contribution >= 0.6 is 11.3 Å². The van der Waals surface area contributed by atoms with Gasteiger partial charge >= 0.3 is 5.69 Å². The zero-order valence-corrected chi connectivity index (χ0v) is 19.9. The van der Waals surface area contributed by atoms with Crippen LogP contribution in [0.4, 0.5) is 0 Å². The topological polar surface area (TPSA) is 76.1 Å². The van der Waals surface area contributed by atoms with Gasteiger partial charge in [0.05, 0.1) is 12.5 Å². The Labute approximate surface area is 201 Å². The highest BCUT2D eigenvalue weighted by atomic mass is 32.1. The van der Waals surface area contributed by atoms with Crippen LogP contribution in [0.3, 0.4) is 0 Å². The Hall–Kier alpha value is -3.16. The van der Waals surface area contributed by atoms with Crippen molar-refractivity contribution >= 4 is 21.6 Å². The summed E-state index contributed by atoms with van der Waals surface area (Å²) >= 11 is 1.45. The summed E-state index contributed by atoms with van der Waals surface area (Å²) in [6, 6.07) is 18.5. The van der Waals surface area contributed by atoms with E-state index in [1.54, 1.807) is 7.11 Å². The predicted molar refractivity (Wildman–Crippen MR) is 136 cm³/mol. The van der Waals surface area contributed by atoms with Crippen molar-refractivity contribution in [2.24, 2.45) is 5.92 Å². The van der Waals surface area contributed by atoms with E-state index >= 15 is 0 Å². The fourth-order valence-electron chi connectivity index (χ4n) is 5.88. The summed E-state index contributed by atoms with van der Waals surface area (Å²) in [6.45, 7) is 1.33. The number of nitrogens with zero attached hydrogens (tertiary/aromatic N) is 1. The fourth-order valence-corrected chi connectivity index (χ4v) is 6.93. The number of H-pyrrole nitrogens is 1. The third-order valence-electron chi connectivity index (χ3n) is 7.55. The third-order valence-corrected chi connectivity index (χ3v) is 8.64. The van der Waals surface area contributed by atoms with Crippen LogP contribution < -0.4 is 21.3 Å². The molecule has 2 aromatic heterocycles. The average molecular weight is 474 g/mol. The third kappa shape index (κ3) is 3.51. The lowest BCUT2D eigenvalue weighted by Crippen LogP contribution is -2.38. The maximum absolute atomic E-state index is 13.2. The highest BCUT2D eigenvalue weighted by Crippen LogP contribution is 2.44. The van der Waals surface area contributed by atoms with Crippen LogP contribution in [-0.4, -0.2) is 29.2 Å². The molecule has 6 rings (SSSR count). The number of aromatic amines is 1.